The van der Waals surface area contributed by atoms with Crippen LogP contribution in [0.2, 0.25) is 0 Å². The van der Waals surface area contributed by atoms with Crippen molar-refractivity contribution in [3.05, 3.63) is 23.8 Å². The van der Waals surface area contributed by atoms with Gasteiger partial charge in [-0.3, -0.25) is 4.90 Å². The summed E-state index contributed by atoms with van der Waals surface area (Å²) in [5, 5.41) is 0. The van der Waals surface area contributed by atoms with E-state index in [1.165, 1.54) is 7.11 Å². The number of amides is 1. The van der Waals surface area contributed by atoms with Crippen LogP contribution in [0, 0.1) is 0 Å². The summed E-state index contributed by atoms with van der Waals surface area (Å²) in [6, 6.07) is 5.66. The van der Waals surface area contributed by atoms with Crippen LogP contribution in [0.15, 0.2) is 18.2 Å². The van der Waals surface area contributed by atoms with Crippen LogP contribution in [0.1, 0.15) is 19.4 Å². The first-order chi connectivity index (χ1) is 7.45. The summed E-state index contributed by atoms with van der Waals surface area (Å²) >= 11 is 0. The number of benzene rings is 1. The number of anilines is 2. The molecule has 0 atom stereocenters. The quantitative estimate of drug-likeness (QED) is 0.681. The van der Waals surface area contributed by atoms with E-state index >= 15 is 0 Å². The van der Waals surface area contributed by atoms with Gasteiger partial charge in [-0.15, -0.1) is 0 Å². The summed E-state index contributed by atoms with van der Waals surface area (Å²) in [6.07, 6.45) is -0.336. The largest absolute Gasteiger partial charge is 0.452 e. The van der Waals surface area contributed by atoms with Gasteiger partial charge in [-0.2, -0.15) is 0 Å². The number of rotatable bonds is 0. The minimum Gasteiger partial charge on any atom is -0.452 e. The van der Waals surface area contributed by atoms with Crippen molar-refractivity contribution in [2.75, 3.05) is 24.3 Å². The standard InChI is InChI=1S/C12H16N2O2/c1-12(2)7-14(11(15)16-3)10-6-8(13)4-5-9(10)12/h4-6H,7,13H2,1-3H3. The number of carbonyl (C=O) groups is 1. The third-order valence-electron chi connectivity index (χ3n) is 2.99. The van der Waals surface area contributed by atoms with Gasteiger partial charge in [0.25, 0.3) is 0 Å². The van der Waals surface area contributed by atoms with Gasteiger partial charge in [0.05, 0.1) is 12.8 Å². The molecular weight excluding hydrogens is 204 g/mol. The van der Waals surface area contributed by atoms with Crippen LogP contribution in [0.5, 0.6) is 0 Å². The fraction of sp³-hybridized carbons (Fsp3) is 0.417. The first kappa shape index (κ1) is 10.8. The summed E-state index contributed by atoms with van der Waals surface area (Å²) in [7, 11) is 1.39. The average Bonchev–Trinajstić information content (AvgIpc) is 2.49. The van der Waals surface area contributed by atoms with Crippen molar-refractivity contribution in [1.82, 2.24) is 0 Å². The lowest BCUT2D eigenvalue weighted by Crippen LogP contribution is -2.33. The first-order valence-corrected chi connectivity index (χ1v) is 5.21. The van der Waals surface area contributed by atoms with E-state index in [1.54, 1.807) is 4.90 Å². The van der Waals surface area contributed by atoms with Crippen LogP contribution in [-0.4, -0.2) is 19.7 Å². The molecule has 0 radical (unpaired) electrons. The van der Waals surface area contributed by atoms with Gasteiger partial charge in [0.15, 0.2) is 0 Å². The van der Waals surface area contributed by atoms with Crippen molar-refractivity contribution >= 4 is 17.5 Å². The lowest BCUT2D eigenvalue weighted by Gasteiger charge is -2.19. The Hall–Kier alpha value is -1.71. The zero-order chi connectivity index (χ0) is 11.9. The van der Waals surface area contributed by atoms with Gasteiger partial charge in [-0.1, -0.05) is 19.9 Å². The third kappa shape index (κ3) is 1.50. The van der Waals surface area contributed by atoms with E-state index in [0.717, 1.165) is 11.3 Å². The molecule has 0 aromatic heterocycles. The van der Waals surface area contributed by atoms with Gasteiger partial charge in [0.1, 0.15) is 0 Å². The maximum Gasteiger partial charge on any atom is 0.414 e. The lowest BCUT2D eigenvalue weighted by molar-refractivity contribution is 0.178. The van der Waals surface area contributed by atoms with E-state index < -0.39 is 0 Å². The van der Waals surface area contributed by atoms with Gasteiger partial charge in [-0.25, -0.2) is 4.79 Å². The number of hydrogen-bond acceptors (Lipinski definition) is 3. The van der Waals surface area contributed by atoms with Gasteiger partial charge in [-0.05, 0) is 17.7 Å². The number of ether oxygens (including phenoxy) is 1. The highest BCUT2D eigenvalue weighted by atomic mass is 16.5. The van der Waals surface area contributed by atoms with Crippen molar-refractivity contribution in [2.45, 2.75) is 19.3 Å². The molecule has 2 rings (SSSR count). The fourth-order valence-corrected chi connectivity index (χ4v) is 2.18. The second-order valence-electron chi connectivity index (χ2n) is 4.72. The summed E-state index contributed by atoms with van der Waals surface area (Å²) in [5.74, 6) is 0. The number of nitrogens with two attached hydrogens (primary N) is 1. The topological polar surface area (TPSA) is 55.6 Å². The predicted octanol–water partition coefficient (Wildman–Crippen LogP) is 2.13. The van der Waals surface area contributed by atoms with E-state index in [-0.39, 0.29) is 11.5 Å². The molecule has 0 fully saturated rings. The second-order valence-corrected chi connectivity index (χ2v) is 4.72. The first-order valence-electron chi connectivity index (χ1n) is 5.21. The molecule has 1 aromatic carbocycles. The molecule has 1 amide bonds. The normalized spacial score (nSPS) is 17.1. The Labute approximate surface area is 95.0 Å². The molecule has 1 aromatic rings. The van der Waals surface area contributed by atoms with Gasteiger partial charge in [0.2, 0.25) is 0 Å². The predicted molar refractivity (Wildman–Crippen MR) is 63.6 cm³/mol. The third-order valence-corrected chi connectivity index (χ3v) is 2.99. The SMILES string of the molecule is COC(=O)N1CC(C)(C)c2ccc(N)cc21. The zero-order valence-corrected chi connectivity index (χ0v) is 9.78. The molecule has 0 aliphatic carbocycles. The van der Waals surface area contributed by atoms with Crippen LogP contribution in [0.3, 0.4) is 0 Å². The number of nitrogens with zero attached hydrogens (tertiary/aromatic N) is 1. The Kier molecular flexibility index (Phi) is 2.30. The van der Waals surface area contributed by atoms with Crippen LogP contribution in [0.25, 0.3) is 0 Å². The molecule has 0 unspecified atom stereocenters. The number of hydrogen-bond donors (Lipinski definition) is 1. The molecule has 0 bridgehead atoms. The molecule has 2 N–H and O–H groups in total. The highest BCUT2D eigenvalue weighted by Crippen LogP contribution is 2.41. The maximum absolute atomic E-state index is 11.6. The molecule has 4 nitrogen and oxygen atoms in total. The number of fused-ring (bicyclic) bond motifs is 1. The van der Waals surface area contributed by atoms with E-state index in [1.807, 2.05) is 18.2 Å². The molecule has 0 saturated heterocycles. The van der Waals surface area contributed by atoms with Gasteiger partial charge < -0.3 is 10.5 Å². The van der Waals surface area contributed by atoms with Crippen LogP contribution in [0.4, 0.5) is 16.2 Å². The number of carbonyl (C=O) groups excluding carboxylic acids is 1. The monoisotopic (exact) mass is 220 g/mol. The Morgan fingerprint density at radius 1 is 1.50 bits per heavy atom. The second kappa shape index (κ2) is 3.40. The molecule has 1 aliphatic rings. The lowest BCUT2D eigenvalue weighted by atomic mass is 9.87. The van der Waals surface area contributed by atoms with Crippen molar-refractivity contribution in [2.24, 2.45) is 0 Å². The molecule has 1 heterocycles. The molecule has 86 valence electrons. The highest BCUT2D eigenvalue weighted by Gasteiger charge is 2.38. The summed E-state index contributed by atoms with van der Waals surface area (Å²) in [6.45, 7) is 4.83. The minimum absolute atomic E-state index is 0.0583. The minimum atomic E-state index is -0.336. The van der Waals surface area contributed by atoms with Gasteiger partial charge in [0, 0.05) is 17.6 Å². The molecular formula is C12H16N2O2. The van der Waals surface area contributed by atoms with Crippen LogP contribution >= 0.6 is 0 Å². The van der Waals surface area contributed by atoms with E-state index in [2.05, 4.69) is 13.8 Å². The van der Waals surface area contributed by atoms with E-state index in [0.29, 0.717) is 12.2 Å². The van der Waals surface area contributed by atoms with E-state index in [9.17, 15) is 4.79 Å². The highest BCUT2D eigenvalue weighted by molar-refractivity contribution is 5.92. The molecule has 0 saturated carbocycles. The van der Waals surface area contributed by atoms with Crippen molar-refractivity contribution in [1.29, 1.82) is 0 Å². The van der Waals surface area contributed by atoms with Crippen molar-refractivity contribution in [3.63, 3.8) is 0 Å². The molecule has 4 heteroatoms. The Morgan fingerprint density at radius 2 is 2.19 bits per heavy atom. The number of methoxy groups -OCH3 is 1. The molecule has 16 heavy (non-hydrogen) atoms. The van der Waals surface area contributed by atoms with Gasteiger partial charge >= 0.3 is 6.09 Å². The summed E-state index contributed by atoms with van der Waals surface area (Å²) in [4.78, 5) is 13.3. The number of nitrogen functional groups attached to an aromatic ring is 1. The molecule has 1 aliphatic heterocycles. The van der Waals surface area contributed by atoms with Crippen molar-refractivity contribution < 1.29 is 9.53 Å². The summed E-state index contributed by atoms with van der Waals surface area (Å²) < 4.78 is 4.77. The Morgan fingerprint density at radius 3 is 2.81 bits per heavy atom. The average molecular weight is 220 g/mol. The molecule has 0 spiro atoms. The smallest absolute Gasteiger partial charge is 0.414 e. The zero-order valence-electron chi connectivity index (χ0n) is 9.78. The van der Waals surface area contributed by atoms with Crippen LogP contribution in [-0.2, 0) is 10.2 Å². The van der Waals surface area contributed by atoms with E-state index in [4.69, 9.17) is 10.5 Å². The van der Waals surface area contributed by atoms with Crippen molar-refractivity contribution in [3.8, 4) is 0 Å². The fourth-order valence-electron chi connectivity index (χ4n) is 2.18. The van der Waals surface area contributed by atoms with Crippen LogP contribution < -0.4 is 10.6 Å². The maximum atomic E-state index is 11.6. The summed E-state index contributed by atoms with van der Waals surface area (Å²) in [5.41, 5.74) is 8.33. The Balaban J connectivity index is 2.52. The Bertz CT molecular complexity index is 441.